The number of nitrogens with one attached hydrogen (secondary N) is 1. The monoisotopic (exact) mass is 251 g/mol. The molecule has 0 fully saturated rings. The van der Waals surface area contributed by atoms with E-state index in [1.54, 1.807) is 6.92 Å². The molecule has 0 aliphatic heterocycles. The second-order valence-corrected chi connectivity index (χ2v) is 3.98. The largest absolute Gasteiger partial charge is 0.477 e. The maximum atomic E-state index is 10.9. The molecule has 2 rings (SSSR count). The van der Waals surface area contributed by atoms with Crippen molar-refractivity contribution in [2.75, 3.05) is 7.05 Å². The zero-order chi connectivity index (χ0) is 13.1. The van der Waals surface area contributed by atoms with Crippen LogP contribution in [0.15, 0.2) is 10.7 Å². The average Bonchev–Trinajstić information content (AvgIpc) is 2.87. The number of aryl methyl sites for hydroxylation is 1. The average molecular weight is 251 g/mol. The van der Waals surface area contributed by atoms with E-state index in [0.717, 1.165) is 0 Å². The lowest BCUT2D eigenvalue weighted by molar-refractivity contribution is 0.0688. The number of hydrogen-bond donors (Lipinski definition) is 2. The molecule has 2 heterocycles. The fourth-order valence-corrected chi connectivity index (χ4v) is 1.61. The molecule has 0 bridgehead atoms. The second kappa shape index (κ2) is 4.96. The third-order valence-corrected chi connectivity index (χ3v) is 2.35. The molecule has 0 aliphatic carbocycles. The van der Waals surface area contributed by atoms with Crippen LogP contribution in [-0.2, 0) is 13.1 Å². The number of carbonyl (C=O) groups is 1. The van der Waals surface area contributed by atoms with Gasteiger partial charge in [-0.25, -0.2) is 4.79 Å². The lowest BCUT2D eigenvalue weighted by Crippen LogP contribution is -2.19. The van der Waals surface area contributed by atoms with Gasteiger partial charge in [0, 0.05) is 19.0 Å². The molecule has 8 nitrogen and oxygen atoms in total. The number of aromatic carboxylic acids is 1. The van der Waals surface area contributed by atoms with Crippen molar-refractivity contribution >= 4 is 5.97 Å². The summed E-state index contributed by atoms with van der Waals surface area (Å²) in [6, 6.07) is 0. The first-order valence-corrected chi connectivity index (χ1v) is 5.29. The van der Waals surface area contributed by atoms with Gasteiger partial charge < -0.3 is 9.63 Å². The quantitative estimate of drug-likeness (QED) is 0.793. The van der Waals surface area contributed by atoms with Gasteiger partial charge in [-0.1, -0.05) is 5.16 Å². The van der Waals surface area contributed by atoms with Crippen LogP contribution in [-0.4, -0.2) is 43.4 Å². The fourth-order valence-electron chi connectivity index (χ4n) is 1.61. The molecule has 2 N–H and O–H groups in total. The van der Waals surface area contributed by atoms with Crippen LogP contribution in [0.4, 0.5) is 0 Å². The third-order valence-electron chi connectivity index (χ3n) is 2.35. The molecule has 0 unspecified atom stereocenters. The third kappa shape index (κ3) is 2.72. The zero-order valence-electron chi connectivity index (χ0n) is 10.0. The Hall–Kier alpha value is -2.22. The van der Waals surface area contributed by atoms with Gasteiger partial charge in [0.25, 0.3) is 0 Å². The van der Waals surface area contributed by atoms with Crippen LogP contribution in [0.2, 0.25) is 0 Å². The Morgan fingerprint density at radius 2 is 2.33 bits per heavy atom. The van der Waals surface area contributed by atoms with E-state index in [-0.39, 0.29) is 5.69 Å². The molecular formula is C10H13N5O3. The van der Waals surface area contributed by atoms with Crippen LogP contribution in [0.25, 0.3) is 0 Å². The van der Waals surface area contributed by atoms with E-state index in [1.807, 2.05) is 11.9 Å². The number of H-pyrrole nitrogens is 1. The number of aromatic nitrogens is 4. The number of nitrogens with zero attached hydrogens (tertiary/aromatic N) is 4. The number of hydrogen-bond acceptors (Lipinski definition) is 6. The highest BCUT2D eigenvalue weighted by Gasteiger charge is 2.15. The Kier molecular flexibility index (Phi) is 3.38. The summed E-state index contributed by atoms with van der Waals surface area (Å²) in [6.07, 6.45) is 1.50. The normalized spacial score (nSPS) is 11.1. The summed E-state index contributed by atoms with van der Waals surface area (Å²) in [5.41, 5.74) is 0.719. The first-order chi connectivity index (χ1) is 8.56. The van der Waals surface area contributed by atoms with Crippen LogP contribution < -0.4 is 0 Å². The number of aromatic amines is 1. The number of carboxylic acids is 1. The molecular weight excluding hydrogens is 238 g/mol. The molecule has 0 saturated carbocycles. The van der Waals surface area contributed by atoms with E-state index >= 15 is 0 Å². The molecule has 0 spiro atoms. The highest BCUT2D eigenvalue weighted by Crippen LogP contribution is 2.09. The molecule has 0 aromatic carbocycles. The maximum Gasteiger partial charge on any atom is 0.354 e. The molecule has 0 amide bonds. The molecule has 8 heteroatoms. The lowest BCUT2D eigenvalue weighted by Gasteiger charge is -2.13. The van der Waals surface area contributed by atoms with Crippen LogP contribution in [0.5, 0.6) is 0 Å². The lowest BCUT2D eigenvalue weighted by atomic mass is 10.2. The zero-order valence-corrected chi connectivity index (χ0v) is 10.0. The van der Waals surface area contributed by atoms with Gasteiger partial charge in [0.15, 0.2) is 5.82 Å². The van der Waals surface area contributed by atoms with Gasteiger partial charge in [0.2, 0.25) is 5.89 Å². The van der Waals surface area contributed by atoms with Crippen LogP contribution in [0.3, 0.4) is 0 Å². The minimum absolute atomic E-state index is 0.103. The minimum Gasteiger partial charge on any atom is -0.477 e. The molecule has 0 atom stereocenters. The smallest absolute Gasteiger partial charge is 0.354 e. The van der Waals surface area contributed by atoms with Crippen LogP contribution in [0, 0.1) is 6.92 Å². The van der Waals surface area contributed by atoms with E-state index in [0.29, 0.717) is 30.4 Å². The van der Waals surface area contributed by atoms with Crippen molar-refractivity contribution in [2.45, 2.75) is 20.0 Å². The molecule has 0 radical (unpaired) electrons. The highest BCUT2D eigenvalue weighted by atomic mass is 16.5. The highest BCUT2D eigenvalue weighted by molar-refractivity contribution is 5.86. The summed E-state index contributed by atoms with van der Waals surface area (Å²) >= 11 is 0. The van der Waals surface area contributed by atoms with E-state index in [4.69, 9.17) is 9.63 Å². The van der Waals surface area contributed by atoms with Gasteiger partial charge in [-0.05, 0) is 7.05 Å². The molecule has 18 heavy (non-hydrogen) atoms. The van der Waals surface area contributed by atoms with Crippen molar-refractivity contribution < 1.29 is 14.4 Å². The van der Waals surface area contributed by atoms with Crippen LogP contribution >= 0.6 is 0 Å². The predicted molar refractivity (Wildman–Crippen MR) is 59.8 cm³/mol. The van der Waals surface area contributed by atoms with Crippen molar-refractivity contribution in [1.29, 1.82) is 0 Å². The topological polar surface area (TPSA) is 108 Å². The summed E-state index contributed by atoms with van der Waals surface area (Å²) < 4.78 is 4.86. The van der Waals surface area contributed by atoms with Crippen molar-refractivity contribution in [3.8, 4) is 0 Å². The van der Waals surface area contributed by atoms with Gasteiger partial charge in [-0.2, -0.15) is 10.1 Å². The SMILES string of the molecule is Cc1nc(CN(C)Cc2cn[nH]c2C(=O)O)no1. The van der Waals surface area contributed by atoms with Gasteiger partial charge >= 0.3 is 5.97 Å². The molecule has 96 valence electrons. The Bertz CT molecular complexity index is 547. The van der Waals surface area contributed by atoms with Crippen molar-refractivity contribution in [3.63, 3.8) is 0 Å². The van der Waals surface area contributed by atoms with E-state index in [1.165, 1.54) is 6.20 Å². The number of rotatable bonds is 5. The van der Waals surface area contributed by atoms with Gasteiger partial charge in [0.05, 0.1) is 12.7 Å². The standard InChI is InChI=1S/C10H13N5O3/c1-6-12-8(14-18-6)5-15(2)4-7-3-11-13-9(7)10(16)17/h3H,4-5H2,1-2H3,(H,11,13)(H,16,17). The Morgan fingerprint density at radius 1 is 1.56 bits per heavy atom. The second-order valence-electron chi connectivity index (χ2n) is 3.98. The Balaban J connectivity index is 2.00. The predicted octanol–water partition coefficient (Wildman–Crippen LogP) is 0.431. The van der Waals surface area contributed by atoms with E-state index < -0.39 is 5.97 Å². The van der Waals surface area contributed by atoms with E-state index in [2.05, 4.69) is 20.3 Å². The van der Waals surface area contributed by atoms with Crippen molar-refractivity contribution in [3.05, 3.63) is 29.2 Å². The summed E-state index contributed by atoms with van der Waals surface area (Å²) in [5, 5.41) is 18.9. The first kappa shape index (κ1) is 12.2. The van der Waals surface area contributed by atoms with Crippen LogP contribution in [0.1, 0.15) is 27.8 Å². The summed E-state index contributed by atoms with van der Waals surface area (Å²) in [6.45, 7) is 2.63. The number of carboxylic acid groups (broad SMARTS) is 1. The van der Waals surface area contributed by atoms with Gasteiger partial charge in [-0.15, -0.1) is 0 Å². The van der Waals surface area contributed by atoms with Gasteiger partial charge in [0.1, 0.15) is 5.69 Å². The molecule has 2 aromatic rings. The maximum absolute atomic E-state index is 10.9. The Labute approximate surface area is 103 Å². The van der Waals surface area contributed by atoms with Crippen molar-refractivity contribution in [1.82, 2.24) is 25.2 Å². The fraction of sp³-hybridized carbons (Fsp3) is 0.400. The molecule has 0 aliphatic rings. The first-order valence-electron chi connectivity index (χ1n) is 5.29. The van der Waals surface area contributed by atoms with E-state index in [9.17, 15) is 4.79 Å². The minimum atomic E-state index is -1.02. The Morgan fingerprint density at radius 3 is 2.94 bits per heavy atom. The van der Waals surface area contributed by atoms with Gasteiger partial charge in [-0.3, -0.25) is 10.00 Å². The summed E-state index contributed by atoms with van der Waals surface area (Å²) in [7, 11) is 1.84. The molecule has 2 aromatic heterocycles. The summed E-state index contributed by atoms with van der Waals surface area (Å²) in [4.78, 5) is 16.9. The molecule has 0 saturated heterocycles. The van der Waals surface area contributed by atoms with Crippen molar-refractivity contribution in [2.24, 2.45) is 0 Å². The summed E-state index contributed by atoms with van der Waals surface area (Å²) in [5.74, 6) is 0.0506.